The van der Waals surface area contributed by atoms with E-state index in [0.717, 1.165) is 0 Å². The van der Waals surface area contributed by atoms with Crippen LogP contribution in [0.15, 0.2) is 30.3 Å². The minimum absolute atomic E-state index is 0.176. The summed E-state index contributed by atoms with van der Waals surface area (Å²) in [4.78, 5) is 12.3. The van der Waals surface area contributed by atoms with Crippen molar-refractivity contribution in [2.24, 2.45) is 0 Å². The SMILES string of the molecule is O=C(O[C@H]1c2c(C(F)(F)F)nn(CCC(O)C(F)(F)F)c2CCC1(F)F)c1ccccc1. The van der Waals surface area contributed by atoms with Crippen molar-refractivity contribution in [3.05, 3.63) is 52.8 Å². The first-order valence-corrected chi connectivity index (χ1v) is 9.27. The second-order valence-electron chi connectivity index (χ2n) is 7.19. The number of aromatic nitrogens is 2. The second kappa shape index (κ2) is 8.34. The van der Waals surface area contributed by atoms with Crippen LogP contribution in [-0.2, 0) is 23.9 Å². The van der Waals surface area contributed by atoms with Crippen molar-refractivity contribution >= 4 is 5.97 Å². The van der Waals surface area contributed by atoms with Crippen molar-refractivity contribution in [2.75, 3.05) is 0 Å². The Bertz CT molecular complexity index is 969. The number of ether oxygens (including phenoxy) is 1. The average molecular weight is 472 g/mol. The monoisotopic (exact) mass is 472 g/mol. The summed E-state index contributed by atoms with van der Waals surface area (Å²) in [5.74, 6) is -5.17. The number of aliphatic hydroxyl groups is 1. The quantitative estimate of drug-likeness (QED) is 0.507. The molecule has 0 aliphatic heterocycles. The molecule has 1 N–H and O–H groups in total. The molecule has 3 rings (SSSR count). The van der Waals surface area contributed by atoms with Crippen LogP contribution in [0.2, 0.25) is 0 Å². The number of hydrogen-bond acceptors (Lipinski definition) is 4. The maximum Gasteiger partial charge on any atom is 0.435 e. The molecule has 1 aromatic heterocycles. The maximum atomic E-state index is 14.6. The van der Waals surface area contributed by atoms with Crippen LogP contribution in [0.1, 0.15) is 46.3 Å². The van der Waals surface area contributed by atoms with Crippen molar-refractivity contribution in [3.8, 4) is 0 Å². The molecule has 13 heteroatoms. The molecule has 0 amide bonds. The summed E-state index contributed by atoms with van der Waals surface area (Å²) < 4.78 is 113. The molecular weight excluding hydrogens is 456 g/mol. The first-order chi connectivity index (χ1) is 14.7. The van der Waals surface area contributed by atoms with Crippen molar-refractivity contribution in [1.29, 1.82) is 0 Å². The molecule has 32 heavy (non-hydrogen) atoms. The predicted molar refractivity (Wildman–Crippen MR) is 91.8 cm³/mol. The van der Waals surface area contributed by atoms with Gasteiger partial charge in [0.1, 0.15) is 0 Å². The van der Waals surface area contributed by atoms with Crippen molar-refractivity contribution in [2.45, 2.75) is 56.3 Å². The van der Waals surface area contributed by atoms with E-state index in [1.54, 1.807) is 0 Å². The van der Waals surface area contributed by atoms with Gasteiger partial charge in [0.15, 0.2) is 17.9 Å². The number of nitrogens with zero attached hydrogens (tertiary/aromatic N) is 2. The van der Waals surface area contributed by atoms with Crippen LogP contribution in [0.25, 0.3) is 0 Å². The number of benzene rings is 1. The summed E-state index contributed by atoms with van der Waals surface area (Å²) in [6.45, 7) is -0.815. The zero-order valence-electron chi connectivity index (χ0n) is 16.1. The van der Waals surface area contributed by atoms with Gasteiger partial charge in [-0.15, -0.1) is 0 Å². The summed E-state index contributed by atoms with van der Waals surface area (Å²) in [6.07, 6.45) is -18.4. The van der Waals surface area contributed by atoms with E-state index in [-0.39, 0.29) is 5.56 Å². The molecule has 0 saturated carbocycles. The Labute approximate surface area is 175 Å². The van der Waals surface area contributed by atoms with E-state index >= 15 is 0 Å². The molecule has 1 aromatic carbocycles. The largest absolute Gasteiger partial charge is 0.447 e. The van der Waals surface area contributed by atoms with E-state index in [2.05, 4.69) is 5.10 Å². The number of esters is 1. The van der Waals surface area contributed by atoms with E-state index in [1.165, 1.54) is 30.3 Å². The van der Waals surface area contributed by atoms with E-state index < -0.39 is 79.2 Å². The van der Waals surface area contributed by atoms with E-state index in [0.29, 0.717) is 4.68 Å². The molecule has 2 atom stereocenters. The smallest absolute Gasteiger partial charge is 0.435 e. The number of aryl methyl sites for hydroxylation is 1. The predicted octanol–water partition coefficient (Wildman–Crippen LogP) is 4.69. The van der Waals surface area contributed by atoms with Gasteiger partial charge in [-0.3, -0.25) is 4.68 Å². The first kappa shape index (κ1) is 24.0. The standard InChI is InChI=1S/C19H16F8N2O3/c20-17(21)8-6-11-13(15(17)32-16(31)10-4-2-1-3-5-10)14(19(25,26)27)28-29(11)9-7-12(30)18(22,23)24/h1-5,12,15,30H,6-9H2/t12?,15-/m0/s1. The molecule has 0 saturated heterocycles. The van der Waals surface area contributed by atoms with Crippen LogP contribution >= 0.6 is 0 Å². The molecule has 1 aliphatic carbocycles. The molecule has 1 unspecified atom stereocenters. The maximum absolute atomic E-state index is 14.6. The summed E-state index contributed by atoms with van der Waals surface area (Å²) in [6, 6.07) is 6.75. The van der Waals surface area contributed by atoms with Crippen LogP contribution in [0.3, 0.4) is 0 Å². The minimum atomic E-state index is -5.25. The van der Waals surface area contributed by atoms with Crippen molar-refractivity contribution < 1.29 is 49.8 Å². The number of carbonyl (C=O) groups excluding carboxylic acids is 1. The van der Waals surface area contributed by atoms with Crippen LogP contribution < -0.4 is 0 Å². The number of alkyl halides is 8. The van der Waals surface area contributed by atoms with Gasteiger partial charge in [-0.25, -0.2) is 13.6 Å². The third kappa shape index (κ3) is 4.87. The fraction of sp³-hybridized carbons (Fsp3) is 0.474. The van der Waals surface area contributed by atoms with Crippen LogP contribution in [-0.4, -0.2) is 39.1 Å². The number of aliphatic hydroxyl groups excluding tert-OH is 1. The van der Waals surface area contributed by atoms with E-state index in [4.69, 9.17) is 9.84 Å². The van der Waals surface area contributed by atoms with Gasteiger partial charge in [-0.2, -0.15) is 31.4 Å². The lowest BCUT2D eigenvalue weighted by atomic mass is 9.89. The highest BCUT2D eigenvalue weighted by atomic mass is 19.4. The third-order valence-electron chi connectivity index (χ3n) is 4.93. The number of halogens is 8. The Morgan fingerprint density at radius 2 is 1.81 bits per heavy atom. The Hall–Kier alpha value is -2.70. The summed E-state index contributed by atoms with van der Waals surface area (Å²) in [5, 5.41) is 12.3. The Morgan fingerprint density at radius 1 is 1.19 bits per heavy atom. The normalized spacial score (nSPS) is 19.3. The Kier molecular flexibility index (Phi) is 6.24. The van der Waals surface area contributed by atoms with Gasteiger partial charge in [0.05, 0.1) is 11.1 Å². The fourth-order valence-electron chi connectivity index (χ4n) is 3.37. The minimum Gasteiger partial charge on any atom is -0.447 e. The molecular formula is C19H16F8N2O3. The molecule has 0 fully saturated rings. The number of hydrogen-bond donors (Lipinski definition) is 1. The lowest BCUT2D eigenvalue weighted by Gasteiger charge is -2.32. The third-order valence-corrected chi connectivity index (χ3v) is 4.93. The molecule has 2 aromatic rings. The Morgan fingerprint density at radius 3 is 2.38 bits per heavy atom. The first-order valence-electron chi connectivity index (χ1n) is 9.27. The van der Waals surface area contributed by atoms with Crippen molar-refractivity contribution in [3.63, 3.8) is 0 Å². The topological polar surface area (TPSA) is 64.3 Å². The van der Waals surface area contributed by atoms with Gasteiger partial charge in [0.2, 0.25) is 0 Å². The average Bonchev–Trinajstić information content (AvgIpc) is 3.07. The van der Waals surface area contributed by atoms with Gasteiger partial charge in [-0.05, 0) is 18.6 Å². The number of rotatable bonds is 5. The zero-order chi connectivity index (χ0) is 23.9. The van der Waals surface area contributed by atoms with Gasteiger partial charge in [0.25, 0.3) is 5.92 Å². The lowest BCUT2D eigenvalue weighted by Crippen LogP contribution is -2.36. The second-order valence-corrected chi connectivity index (χ2v) is 7.19. The van der Waals surface area contributed by atoms with Gasteiger partial charge < -0.3 is 9.84 Å². The molecule has 0 radical (unpaired) electrons. The van der Waals surface area contributed by atoms with Crippen LogP contribution in [0, 0.1) is 0 Å². The van der Waals surface area contributed by atoms with Gasteiger partial charge in [-0.1, -0.05) is 18.2 Å². The lowest BCUT2D eigenvalue weighted by molar-refractivity contribution is -0.206. The molecule has 0 bridgehead atoms. The van der Waals surface area contributed by atoms with E-state index in [1.807, 2.05) is 0 Å². The zero-order valence-corrected chi connectivity index (χ0v) is 16.1. The summed E-state index contributed by atoms with van der Waals surface area (Å²) >= 11 is 0. The number of carbonyl (C=O) groups is 1. The van der Waals surface area contributed by atoms with Crippen LogP contribution in [0.5, 0.6) is 0 Å². The van der Waals surface area contributed by atoms with E-state index in [9.17, 15) is 39.9 Å². The summed E-state index contributed by atoms with van der Waals surface area (Å²) in [5.41, 5.74) is -3.48. The van der Waals surface area contributed by atoms with Crippen molar-refractivity contribution in [1.82, 2.24) is 9.78 Å². The Balaban J connectivity index is 2.01. The molecule has 5 nitrogen and oxygen atoms in total. The van der Waals surface area contributed by atoms with Crippen LogP contribution in [0.4, 0.5) is 35.1 Å². The molecule has 1 heterocycles. The molecule has 1 aliphatic rings. The number of fused-ring (bicyclic) bond motifs is 1. The molecule has 0 spiro atoms. The highest BCUT2D eigenvalue weighted by Gasteiger charge is 2.54. The molecule has 176 valence electrons. The highest BCUT2D eigenvalue weighted by molar-refractivity contribution is 5.89. The van der Waals surface area contributed by atoms with Gasteiger partial charge >= 0.3 is 18.3 Å². The van der Waals surface area contributed by atoms with Gasteiger partial charge in [0, 0.05) is 25.1 Å². The highest BCUT2D eigenvalue weighted by Crippen LogP contribution is 2.48. The fourth-order valence-corrected chi connectivity index (χ4v) is 3.37. The summed E-state index contributed by atoms with van der Waals surface area (Å²) in [7, 11) is 0.